The quantitative estimate of drug-likeness (QED) is 0.379. The third-order valence-electron chi connectivity index (χ3n) is 5.25. The molecule has 0 saturated carbocycles. The van der Waals surface area contributed by atoms with Gasteiger partial charge in [-0.05, 0) is 47.6 Å². The fraction of sp³-hybridized carbons (Fsp3) is 0.217. The second-order valence-electron chi connectivity index (χ2n) is 7.18. The zero-order valence-corrected chi connectivity index (χ0v) is 17.0. The first kappa shape index (κ1) is 17.7. The van der Waals surface area contributed by atoms with Crippen LogP contribution in [0.5, 0.6) is 0 Å². The molecule has 1 aliphatic carbocycles. The van der Waals surface area contributed by atoms with E-state index in [2.05, 4.69) is 70.5 Å². The van der Waals surface area contributed by atoms with Crippen LogP contribution < -0.4 is 4.90 Å². The van der Waals surface area contributed by atoms with Gasteiger partial charge in [0.15, 0.2) is 0 Å². The molecule has 0 aliphatic heterocycles. The van der Waals surface area contributed by atoms with E-state index in [1.54, 1.807) is 11.3 Å². The molecular formula is C23H20ClN3S. The zero-order chi connectivity index (χ0) is 18.9. The van der Waals surface area contributed by atoms with Gasteiger partial charge in [-0.25, -0.2) is 4.98 Å². The van der Waals surface area contributed by atoms with Gasteiger partial charge in [0, 0.05) is 18.0 Å². The highest BCUT2D eigenvalue weighted by molar-refractivity contribution is 7.19. The third-order valence-corrected chi connectivity index (χ3v) is 6.61. The highest BCUT2D eigenvalue weighted by Crippen LogP contribution is 2.41. The lowest BCUT2D eigenvalue weighted by Crippen LogP contribution is -2.23. The summed E-state index contributed by atoms with van der Waals surface area (Å²) in [7, 11) is 0. The van der Waals surface area contributed by atoms with E-state index in [-0.39, 0.29) is 0 Å². The first-order chi connectivity index (χ1) is 13.8. The molecule has 3 nitrogen and oxygen atoms in total. The summed E-state index contributed by atoms with van der Waals surface area (Å²) in [6.07, 6.45) is 3.47. The molecule has 5 rings (SSSR count). The summed E-state index contributed by atoms with van der Waals surface area (Å²) in [6, 6.07) is 21.1. The number of benzene rings is 2. The molecule has 2 aromatic carbocycles. The van der Waals surface area contributed by atoms with Gasteiger partial charge in [0.2, 0.25) is 5.28 Å². The minimum atomic E-state index is 0.327. The lowest BCUT2D eigenvalue weighted by molar-refractivity contribution is 0.786. The molecule has 2 aromatic heterocycles. The third kappa shape index (κ3) is 3.38. The number of hydrogen-bond donors (Lipinski definition) is 0. The average Bonchev–Trinajstić information content (AvgIpc) is 3.29. The van der Waals surface area contributed by atoms with Crippen LogP contribution in [0.25, 0.3) is 10.2 Å². The maximum atomic E-state index is 6.35. The van der Waals surface area contributed by atoms with Crippen molar-refractivity contribution in [3.63, 3.8) is 0 Å². The number of rotatable bonds is 5. The van der Waals surface area contributed by atoms with E-state index in [0.29, 0.717) is 5.28 Å². The normalized spacial score (nSPS) is 13.0. The molecular weight excluding hydrogens is 386 g/mol. The van der Waals surface area contributed by atoms with Crippen LogP contribution in [-0.2, 0) is 25.9 Å². The Kier molecular flexibility index (Phi) is 4.75. The van der Waals surface area contributed by atoms with E-state index >= 15 is 0 Å². The minimum absolute atomic E-state index is 0.327. The van der Waals surface area contributed by atoms with Gasteiger partial charge in [0.1, 0.15) is 10.6 Å². The average molecular weight is 406 g/mol. The standard InChI is InChI=1S/C23H20ClN3S/c24-23-25-21(20-18-12-7-13-19(18)28-22(20)26-23)27(14-16-8-3-1-4-9-16)15-17-10-5-2-6-11-17/h1-6,8-11H,7,12-15H2. The first-order valence-corrected chi connectivity index (χ1v) is 10.8. The lowest BCUT2D eigenvalue weighted by atomic mass is 10.1. The lowest BCUT2D eigenvalue weighted by Gasteiger charge is -2.25. The van der Waals surface area contributed by atoms with Crippen LogP contribution in [0.4, 0.5) is 5.82 Å². The Hall–Kier alpha value is -2.43. The number of anilines is 1. The number of hydrogen-bond acceptors (Lipinski definition) is 4. The molecule has 0 unspecified atom stereocenters. The highest BCUT2D eigenvalue weighted by Gasteiger charge is 2.25. The smallest absolute Gasteiger partial charge is 0.225 e. The SMILES string of the molecule is Clc1nc(N(Cc2ccccc2)Cc2ccccc2)c2c3c(sc2n1)CCC3. The Labute approximate surface area is 173 Å². The van der Waals surface area contributed by atoms with Crippen molar-refractivity contribution in [3.8, 4) is 0 Å². The molecule has 2 heterocycles. The van der Waals surface area contributed by atoms with Crippen molar-refractivity contribution in [2.75, 3.05) is 4.90 Å². The summed E-state index contributed by atoms with van der Waals surface area (Å²) in [4.78, 5) is 14.1. The number of nitrogens with zero attached hydrogens (tertiary/aromatic N) is 3. The molecule has 0 fully saturated rings. The molecule has 0 saturated heterocycles. The molecule has 0 radical (unpaired) electrons. The molecule has 140 valence electrons. The van der Waals surface area contributed by atoms with E-state index < -0.39 is 0 Å². The van der Waals surface area contributed by atoms with Gasteiger partial charge < -0.3 is 4.90 Å². The summed E-state index contributed by atoms with van der Waals surface area (Å²) < 4.78 is 0. The zero-order valence-electron chi connectivity index (χ0n) is 15.4. The van der Waals surface area contributed by atoms with Crippen molar-refractivity contribution in [2.45, 2.75) is 32.4 Å². The molecule has 0 atom stereocenters. The van der Waals surface area contributed by atoms with Crippen LogP contribution in [0.15, 0.2) is 60.7 Å². The minimum Gasteiger partial charge on any atom is -0.347 e. The fourth-order valence-electron chi connectivity index (χ4n) is 3.99. The Balaban J connectivity index is 1.64. The summed E-state index contributed by atoms with van der Waals surface area (Å²) in [5, 5.41) is 1.53. The predicted octanol–water partition coefficient (Wildman–Crippen LogP) is 6.04. The molecule has 4 aromatic rings. The number of aromatic nitrogens is 2. The van der Waals surface area contributed by atoms with Crippen molar-refractivity contribution in [1.82, 2.24) is 9.97 Å². The molecule has 1 aliphatic rings. The number of fused-ring (bicyclic) bond motifs is 3. The summed E-state index contributed by atoms with van der Waals surface area (Å²) in [6.45, 7) is 1.56. The van der Waals surface area contributed by atoms with E-state index in [0.717, 1.165) is 36.6 Å². The van der Waals surface area contributed by atoms with E-state index in [4.69, 9.17) is 16.6 Å². The molecule has 0 spiro atoms. The van der Waals surface area contributed by atoms with Crippen molar-refractivity contribution >= 4 is 39.0 Å². The Bertz CT molecular complexity index is 1070. The summed E-state index contributed by atoms with van der Waals surface area (Å²) in [5.74, 6) is 0.960. The topological polar surface area (TPSA) is 29.0 Å². The van der Waals surface area contributed by atoms with Gasteiger partial charge in [-0.15, -0.1) is 11.3 Å². The monoisotopic (exact) mass is 405 g/mol. The van der Waals surface area contributed by atoms with E-state index in [1.807, 2.05) is 0 Å². The summed E-state index contributed by atoms with van der Waals surface area (Å²) >= 11 is 8.14. The van der Waals surface area contributed by atoms with Crippen molar-refractivity contribution in [2.24, 2.45) is 0 Å². The van der Waals surface area contributed by atoms with Crippen LogP contribution >= 0.6 is 22.9 Å². The van der Waals surface area contributed by atoms with Gasteiger partial charge in [0.25, 0.3) is 0 Å². The van der Waals surface area contributed by atoms with Crippen LogP contribution in [-0.4, -0.2) is 9.97 Å². The highest BCUT2D eigenvalue weighted by atomic mass is 35.5. The second-order valence-corrected chi connectivity index (χ2v) is 8.60. The Morgan fingerprint density at radius 1 is 0.857 bits per heavy atom. The predicted molar refractivity (Wildman–Crippen MR) is 117 cm³/mol. The van der Waals surface area contributed by atoms with Gasteiger partial charge >= 0.3 is 0 Å². The van der Waals surface area contributed by atoms with Crippen molar-refractivity contribution in [1.29, 1.82) is 0 Å². The van der Waals surface area contributed by atoms with E-state index in [1.165, 1.54) is 33.4 Å². The molecule has 0 N–H and O–H groups in total. The number of halogens is 1. The largest absolute Gasteiger partial charge is 0.347 e. The molecule has 0 bridgehead atoms. The maximum absolute atomic E-state index is 6.35. The van der Waals surface area contributed by atoms with Crippen LogP contribution in [0.3, 0.4) is 0 Å². The fourth-order valence-corrected chi connectivity index (χ4v) is 5.46. The van der Waals surface area contributed by atoms with Crippen LogP contribution in [0.1, 0.15) is 28.0 Å². The van der Waals surface area contributed by atoms with Gasteiger partial charge in [0.05, 0.1) is 5.39 Å². The number of thiophene rings is 1. The van der Waals surface area contributed by atoms with Crippen molar-refractivity contribution in [3.05, 3.63) is 87.5 Å². The molecule has 0 amide bonds. The number of aryl methyl sites for hydroxylation is 2. The van der Waals surface area contributed by atoms with E-state index in [9.17, 15) is 0 Å². The van der Waals surface area contributed by atoms with Gasteiger partial charge in [-0.2, -0.15) is 4.98 Å². The Morgan fingerprint density at radius 3 is 2.14 bits per heavy atom. The first-order valence-electron chi connectivity index (χ1n) is 9.58. The summed E-state index contributed by atoms with van der Waals surface area (Å²) in [5.41, 5.74) is 3.94. The van der Waals surface area contributed by atoms with Crippen molar-refractivity contribution < 1.29 is 0 Å². The molecule has 28 heavy (non-hydrogen) atoms. The van der Waals surface area contributed by atoms with Gasteiger partial charge in [-0.3, -0.25) is 0 Å². The van der Waals surface area contributed by atoms with Crippen LogP contribution in [0, 0.1) is 0 Å². The maximum Gasteiger partial charge on any atom is 0.225 e. The molecule has 5 heteroatoms. The second kappa shape index (κ2) is 7.53. The Morgan fingerprint density at radius 2 is 1.50 bits per heavy atom. The van der Waals surface area contributed by atoms with Crippen LogP contribution in [0.2, 0.25) is 5.28 Å². The van der Waals surface area contributed by atoms with Gasteiger partial charge in [-0.1, -0.05) is 60.7 Å².